The summed E-state index contributed by atoms with van der Waals surface area (Å²) in [4.78, 5) is 24.3. The first-order valence-electron chi connectivity index (χ1n) is 8.70. The molecule has 24 heavy (non-hydrogen) atoms. The maximum absolute atomic E-state index is 11.8. The minimum atomic E-state index is -0.0380. The molecular formula is C17H24N4O3. The third kappa shape index (κ3) is 2.92. The molecule has 7 heteroatoms. The number of carbonyl (C=O) groups excluding carboxylic acids is 1. The van der Waals surface area contributed by atoms with Gasteiger partial charge < -0.3 is 19.3 Å². The second kappa shape index (κ2) is 6.20. The van der Waals surface area contributed by atoms with Crippen LogP contribution >= 0.6 is 0 Å². The lowest BCUT2D eigenvalue weighted by molar-refractivity contribution is -0.134. The van der Waals surface area contributed by atoms with E-state index < -0.39 is 0 Å². The molecule has 4 rings (SSSR count). The van der Waals surface area contributed by atoms with E-state index in [1.165, 1.54) is 6.33 Å². The number of hydrogen-bond donors (Lipinski definition) is 0. The lowest BCUT2D eigenvalue weighted by Gasteiger charge is -2.53. The minimum absolute atomic E-state index is 0.0380. The summed E-state index contributed by atoms with van der Waals surface area (Å²) in [6.07, 6.45) is 5.44. The number of aromatic nitrogens is 2. The van der Waals surface area contributed by atoms with Gasteiger partial charge in [0.1, 0.15) is 17.7 Å². The first kappa shape index (κ1) is 15.6. The fourth-order valence-electron chi connectivity index (χ4n) is 3.95. The molecule has 0 aliphatic carbocycles. The Labute approximate surface area is 142 Å². The summed E-state index contributed by atoms with van der Waals surface area (Å²) in [6, 6.07) is 1.86. The third-order valence-corrected chi connectivity index (χ3v) is 5.40. The molecule has 1 aromatic rings. The van der Waals surface area contributed by atoms with Crippen molar-refractivity contribution in [3.8, 4) is 5.88 Å². The summed E-state index contributed by atoms with van der Waals surface area (Å²) in [5, 5.41) is 0. The molecule has 4 heterocycles. The Hall–Kier alpha value is -1.89. The Bertz CT molecular complexity index is 608. The second-order valence-electron chi connectivity index (χ2n) is 7.12. The van der Waals surface area contributed by atoms with Gasteiger partial charge in [0.25, 0.3) is 0 Å². The zero-order chi connectivity index (χ0) is 16.6. The van der Waals surface area contributed by atoms with Crippen molar-refractivity contribution in [2.24, 2.45) is 5.92 Å². The van der Waals surface area contributed by atoms with E-state index in [0.717, 1.165) is 64.3 Å². The van der Waals surface area contributed by atoms with Crippen molar-refractivity contribution >= 4 is 11.7 Å². The molecule has 1 unspecified atom stereocenters. The highest BCUT2D eigenvalue weighted by molar-refractivity contribution is 5.78. The van der Waals surface area contributed by atoms with Gasteiger partial charge >= 0.3 is 0 Å². The van der Waals surface area contributed by atoms with Crippen molar-refractivity contribution in [2.45, 2.75) is 31.3 Å². The number of methoxy groups -OCH3 is 1. The SMILES string of the molecule is COc1cc(N2CC3(CCC(CN4CCCC4=O)CO3)C2)ncn1. The van der Waals surface area contributed by atoms with Crippen molar-refractivity contribution in [1.29, 1.82) is 0 Å². The molecule has 3 saturated heterocycles. The average Bonchev–Trinajstić information content (AvgIpc) is 2.98. The van der Waals surface area contributed by atoms with E-state index >= 15 is 0 Å². The van der Waals surface area contributed by atoms with Crippen LogP contribution in [0.25, 0.3) is 0 Å². The van der Waals surface area contributed by atoms with Crippen LogP contribution in [0.15, 0.2) is 12.4 Å². The fraction of sp³-hybridized carbons (Fsp3) is 0.706. The van der Waals surface area contributed by atoms with Crippen molar-refractivity contribution in [3.05, 3.63) is 12.4 Å². The van der Waals surface area contributed by atoms with Crippen LogP contribution in [0, 0.1) is 5.92 Å². The molecule has 1 spiro atoms. The molecule has 3 fully saturated rings. The highest BCUT2D eigenvalue weighted by atomic mass is 16.5. The van der Waals surface area contributed by atoms with E-state index in [-0.39, 0.29) is 5.60 Å². The van der Waals surface area contributed by atoms with E-state index in [1.54, 1.807) is 7.11 Å². The monoisotopic (exact) mass is 332 g/mol. The van der Waals surface area contributed by atoms with E-state index in [4.69, 9.17) is 9.47 Å². The average molecular weight is 332 g/mol. The lowest BCUT2D eigenvalue weighted by Crippen LogP contribution is -2.65. The lowest BCUT2D eigenvalue weighted by atomic mass is 9.83. The zero-order valence-electron chi connectivity index (χ0n) is 14.1. The van der Waals surface area contributed by atoms with Gasteiger partial charge in [-0.1, -0.05) is 0 Å². The van der Waals surface area contributed by atoms with E-state index in [0.29, 0.717) is 17.7 Å². The van der Waals surface area contributed by atoms with Crippen LogP contribution in [0.5, 0.6) is 5.88 Å². The number of carbonyl (C=O) groups is 1. The molecular weight excluding hydrogens is 308 g/mol. The highest BCUT2D eigenvalue weighted by Gasteiger charge is 2.47. The van der Waals surface area contributed by atoms with E-state index in [2.05, 4.69) is 14.9 Å². The Morgan fingerprint density at radius 1 is 1.42 bits per heavy atom. The summed E-state index contributed by atoms with van der Waals surface area (Å²) in [5.74, 6) is 2.26. The fourth-order valence-corrected chi connectivity index (χ4v) is 3.95. The van der Waals surface area contributed by atoms with Crippen molar-refractivity contribution in [3.63, 3.8) is 0 Å². The molecule has 0 bridgehead atoms. The van der Waals surface area contributed by atoms with Crippen LogP contribution < -0.4 is 9.64 Å². The zero-order valence-corrected chi connectivity index (χ0v) is 14.1. The van der Waals surface area contributed by atoms with Crippen LogP contribution in [0.1, 0.15) is 25.7 Å². The van der Waals surface area contributed by atoms with E-state index in [9.17, 15) is 4.79 Å². The molecule has 130 valence electrons. The van der Waals surface area contributed by atoms with Crippen LogP contribution in [0.2, 0.25) is 0 Å². The van der Waals surface area contributed by atoms with Gasteiger partial charge in [0.05, 0.1) is 26.8 Å². The van der Waals surface area contributed by atoms with Crippen molar-refractivity contribution in [2.75, 3.05) is 44.8 Å². The Balaban J connectivity index is 1.28. The van der Waals surface area contributed by atoms with Gasteiger partial charge in [0.2, 0.25) is 11.8 Å². The number of anilines is 1. The van der Waals surface area contributed by atoms with Gasteiger partial charge in [-0.25, -0.2) is 9.97 Å². The van der Waals surface area contributed by atoms with Gasteiger partial charge in [0, 0.05) is 31.5 Å². The normalized spacial score (nSPS) is 25.9. The summed E-state index contributed by atoms with van der Waals surface area (Å²) < 4.78 is 11.4. The largest absolute Gasteiger partial charge is 0.481 e. The predicted molar refractivity (Wildman–Crippen MR) is 88.0 cm³/mol. The molecule has 0 aromatic carbocycles. The van der Waals surface area contributed by atoms with Gasteiger partial charge in [-0.15, -0.1) is 0 Å². The molecule has 1 amide bonds. The van der Waals surface area contributed by atoms with Crippen LogP contribution in [0.4, 0.5) is 5.82 Å². The first-order valence-corrected chi connectivity index (χ1v) is 8.70. The van der Waals surface area contributed by atoms with Crippen molar-refractivity contribution in [1.82, 2.24) is 14.9 Å². The quantitative estimate of drug-likeness (QED) is 0.822. The summed E-state index contributed by atoms with van der Waals surface area (Å²) in [6.45, 7) is 4.27. The smallest absolute Gasteiger partial charge is 0.222 e. The Morgan fingerprint density at radius 2 is 2.29 bits per heavy atom. The van der Waals surface area contributed by atoms with E-state index in [1.807, 2.05) is 11.0 Å². The first-order chi connectivity index (χ1) is 11.7. The molecule has 3 aliphatic heterocycles. The summed E-state index contributed by atoms with van der Waals surface area (Å²) >= 11 is 0. The van der Waals surface area contributed by atoms with Crippen molar-refractivity contribution < 1.29 is 14.3 Å². The second-order valence-corrected chi connectivity index (χ2v) is 7.12. The predicted octanol–water partition coefficient (Wildman–Crippen LogP) is 1.09. The maximum Gasteiger partial charge on any atom is 0.222 e. The summed E-state index contributed by atoms with van der Waals surface area (Å²) in [7, 11) is 1.61. The van der Waals surface area contributed by atoms with Gasteiger partial charge in [0.15, 0.2) is 0 Å². The Morgan fingerprint density at radius 3 is 2.96 bits per heavy atom. The molecule has 0 N–H and O–H groups in total. The number of amides is 1. The third-order valence-electron chi connectivity index (χ3n) is 5.40. The summed E-state index contributed by atoms with van der Waals surface area (Å²) in [5.41, 5.74) is -0.0380. The van der Waals surface area contributed by atoms with Crippen LogP contribution in [-0.2, 0) is 9.53 Å². The molecule has 1 atom stereocenters. The molecule has 3 aliphatic rings. The van der Waals surface area contributed by atoms with Gasteiger partial charge in [-0.3, -0.25) is 4.79 Å². The minimum Gasteiger partial charge on any atom is -0.481 e. The molecule has 1 aromatic heterocycles. The van der Waals surface area contributed by atoms with Crippen LogP contribution in [-0.4, -0.2) is 66.3 Å². The maximum atomic E-state index is 11.8. The molecule has 0 saturated carbocycles. The standard InChI is InChI=1S/C17H24N4O3/c1-23-15-7-14(18-12-19-15)21-10-17(11-21)5-4-13(9-24-17)8-20-6-2-3-16(20)22/h7,12-13H,2-6,8-11H2,1H3. The number of likely N-dealkylation sites (tertiary alicyclic amines) is 1. The Kier molecular flexibility index (Phi) is 4.04. The number of ether oxygens (including phenoxy) is 2. The topological polar surface area (TPSA) is 67.8 Å². The van der Waals surface area contributed by atoms with Gasteiger partial charge in [-0.05, 0) is 19.3 Å². The van der Waals surface area contributed by atoms with Crippen LogP contribution in [0.3, 0.4) is 0 Å². The van der Waals surface area contributed by atoms with Gasteiger partial charge in [-0.2, -0.15) is 0 Å². The number of nitrogens with zero attached hydrogens (tertiary/aromatic N) is 4. The molecule has 7 nitrogen and oxygen atoms in total. The number of hydrogen-bond acceptors (Lipinski definition) is 6. The highest BCUT2D eigenvalue weighted by Crippen LogP contribution is 2.38. The number of rotatable bonds is 4. The molecule has 0 radical (unpaired) electrons.